The highest BCUT2D eigenvalue weighted by molar-refractivity contribution is 6.13. The van der Waals surface area contributed by atoms with Crippen LogP contribution in [0.1, 0.15) is 50.0 Å². The van der Waals surface area contributed by atoms with Crippen molar-refractivity contribution in [1.29, 1.82) is 0 Å². The number of pyridine rings is 2. The first-order valence-corrected chi connectivity index (χ1v) is 13.5. The van der Waals surface area contributed by atoms with E-state index in [-0.39, 0.29) is 13.8 Å². The van der Waals surface area contributed by atoms with E-state index in [4.69, 9.17) is 7.16 Å². The van der Waals surface area contributed by atoms with Gasteiger partial charge in [-0.3, -0.25) is 0 Å². The number of fused-ring (bicyclic) bond motifs is 16. The molecule has 0 amide bonds. The molecule has 3 aromatic heterocycles. The van der Waals surface area contributed by atoms with Crippen LogP contribution >= 0.6 is 0 Å². The van der Waals surface area contributed by atoms with Crippen LogP contribution in [0.15, 0.2) is 95.2 Å². The largest absolute Gasteiger partial charge is 0.454 e. The van der Waals surface area contributed by atoms with Crippen LogP contribution in [0, 0.1) is 13.8 Å². The normalized spacial score (nSPS) is 18.8. The van der Waals surface area contributed by atoms with E-state index in [2.05, 4.69) is 108 Å². The summed E-state index contributed by atoms with van der Waals surface area (Å²) in [6.07, 6.45) is 5.27. The molecule has 1 unspecified atom stereocenters. The predicted octanol–water partition coefficient (Wildman–Crippen LogP) is 7.39. The van der Waals surface area contributed by atoms with Crippen LogP contribution in [0.3, 0.4) is 0 Å². The zero-order chi connectivity index (χ0) is 27.6. The number of allylic oxidation sites excluding steroid dienone is 2. The van der Waals surface area contributed by atoms with Crippen molar-refractivity contribution in [3.05, 3.63) is 124 Å². The second kappa shape index (κ2) is 6.92. The maximum Gasteiger partial charge on any atom is 0.417 e. The summed E-state index contributed by atoms with van der Waals surface area (Å²) in [5.74, 6) is 0. The number of furan rings is 1. The van der Waals surface area contributed by atoms with Gasteiger partial charge in [0.05, 0.1) is 5.56 Å². The van der Waals surface area contributed by atoms with E-state index in [1.807, 2.05) is 0 Å². The number of aromatic nitrogens is 2. The van der Waals surface area contributed by atoms with E-state index in [0.717, 1.165) is 62.0 Å². The highest BCUT2D eigenvalue weighted by Gasteiger charge is 2.67. The highest BCUT2D eigenvalue weighted by atomic mass is 16.3. The van der Waals surface area contributed by atoms with Gasteiger partial charge in [0.25, 0.3) is 0 Å². The average Bonchev–Trinajstić information content (AvgIpc) is 3.70. The van der Waals surface area contributed by atoms with Gasteiger partial charge in [0, 0.05) is 42.8 Å². The van der Waals surface area contributed by atoms with Crippen molar-refractivity contribution < 1.29 is 16.3 Å². The summed E-state index contributed by atoms with van der Waals surface area (Å²) in [4.78, 5) is 0. The molecule has 1 atom stereocenters. The summed E-state index contributed by atoms with van der Waals surface area (Å²) in [5.41, 5.74) is 15.1. The average molecular weight is 507 g/mol. The fraction of sp³-hybridized carbons (Fsp3) is 0.167. The molecule has 9 rings (SSSR count). The minimum absolute atomic E-state index is 0.131. The topological polar surface area (TPSA) is 20.9 Å². The van der Waals surface area contributed by atoms with E-state index < -0.39 is 5.66 Å². The first-order valence-electron chi connectivity index (χ1n) is 15.0. The zero-order valence-electron chi connectivity index (χ0n) is 24.0. The maximum absolute atomic E-state index is 8.34. The molecule has 3 aliphatic rings. The fourth-order valence-electron chi connectivity index (χ4n) is 7.51. The molecule has 1 spiro atoms. The number of aryl methyl sites for hydroxylation is 2. The van der Waals surface area contributed by atoms with Crippen LogP contribution < -0.4 is 9.13 Å². The lowest BCUT2D eigenvalue weighted by Gasteiger charge is -2.17. The van der Waals surface area contributed by atoms with E-state index >= 15 is 0 Å². The predicted molar refractivity (Wildman–Crippen MR) is 154 cm³/mol. The quantitative estimate of drug-likeness (QED) is 0.197. The van der Waals surface area contributed by atoms with Gasteiger partial charge in [-0.1, -0.05) is 29.8 Å². The molecule has 0 bridgehead atoms. The van der Waals surface area contributed by atoms with E-state index in [1.54, 1.807) is 0 Å². The molecule has 0 radical (unpaired) electrons. The Balaban J connectivity index is 1.49. The van der Waals surface area contributed by atoms with Crippen LogP contribution in [-0.4, -0.2) is 0 Å². The van der Waals surface area contributed by atoms with E-state index in [9.17, 15) is 0 Å². The van der Waals surface area contributed by atoms with Crippen molar-refractivity contribution in [1.82, 2.24) is 0 Å². The molecule has 186 valence electrons. The molecule has 0 fully saturated rings. The summed E-state index contributed by atoms with van der Waals surface area (Å²) < 4.78 is 28.4. The third-order valence-electron chi connectivity index (χ3n) is 9.40. The smallest absolute Gasteiger partial charge is 0.417 e. The first kappa shape index (κ1) is 19.6. The van der Waals surface area contributed by atoms with Crippen molar-refractivity contribution in [3.63, 3.8) is 0 Å². The lowest BCUT2D eigenvalue weighted by atomic mass is 9.89. The van der Waals surface area contributed by atoms with Gasteiger partial charge in [-0.25, -0.2) is 0 Å². The van der Waals surface area contributed by atoms with Crippen LogP contribution in [0.2, 0.25) is 0 Å². The molecule has 5 heterocycles. The summed E-state index contributed by atoms with van der Waals surface area (Å²) >= 11 is 0. The molecule has 0 saturated carbocycles. The van der Waals surface area contributed by atoms with Crippen LogP contribution in [0.25, 0.3) is 50.0 Å². The molecule has 3 aromatic carbocycles. The molecule has 6 aromatic rings. The van der Waals surface area contributed by atoms with E-state index in [0.29, 0.717) is 0 Å². The molecule has 2 aliphatic heterocycles. The molecular formula is C36H28N2O+2. The fourth-order valence-corrected chi connectivity index (χ4v) is 7.51. The summed E-state index contributed by atoms with van der Waals surface area (Å²) in [5, 5.41) is 2.26. The molecule has 3 heteroatoms. The number of benzene rings is 3. The lowest BCUT2D eigenvalue weighted by Crippen LogP contribution is -2.71. The van der Waals surface area contributed by atoms with Gasteiger partial charge in [-0.2, -0.15) is 0 Å². The molecule has 0 N–H and O–H groups in total. The molecular weight excluding hydrogens is 476 g/mol. The Morgan fingerprint density at radius 1 is 0.769 bits per heavy atom. The van der Waals surface area contributed by atoms with Gasteiger partial charge in [0.1, 0.15) is 27.9 Å². The van der Waals surface area contributed by atoms with Gasteiger partial charge >= 0.3 is 5.66 Å². The number of nitrogens with zero attached hydrogens (tertiary/aromatic N) is 2. The third kappa shape index (κ3) is 2.33. The van der Waals surface area contributed by atoms with Crippen molar-refractivity contribution in [2.24, 2.45) is 0 Å². The van der Waals surface area contributed by atoms with Crippen molar-refractivity contribution >= 4 is 27.5 Å². The third-order valence-corrected chi connectivity index (χ3v) is 9.40. The number of rotatable bonds is 0. The monoisotopic (exact) mass is 506 g/mol. The second-order valence-electron chi connectivity index (χ2n) is 11.3. The summed E-state index contributed by atoms with van der Waals surface area (Å²) in [7, 11) is 0. The van der Waals surface area contributed by atoms with Crippen molar-refractivity contribution in [3.8, 4) is 22.5 Å². The van der Waals surface area contributed by atoms with Crippen LogP contribution in [0.5, 0.6) is 0 Å². The van der Waals surface area contributed by atoms with Gasteiger partial charge < -0.3 is 4.42 Å². The standard InChI is InChI=1S/C36H28N2O/c1-20-18-31-33-29(15-14-26-25-13-12-24-17-21(2)23(4)32(24)34(25)39-35(26)33)36(38(31)19-22(20)3)28-10-6-5-9-27(28)30-11-7-8-16-37(30)36/h5-16,18-19H,17H2,1-4H3/q+2/i1D,3D. The van der Waals surface area contributed by atoms with Gasteiger partial charge in [-0.05, 0) is 81.1 Å². The molecule has 39 heavy (non-hydrogen) atoms. The van der Waals surface area contributed by atoms with Gasteiger partial charge in [0.15, 0.2) is 12.4 Å². The number of hydrogen-bond acceptors (Lipinski definition) is 1. The SMILES string of the molecule is [2H]Cc1cc2[n+](cc1C[2H])C1(c3ccccc3-c3cccc[n+]31)c1ccc3c(oc4c5c(ccc43)CC(C)=C5C)c1-2. The molecule has 1 aliphatic carbocycles. The minimum atomic E-state index is -0.663. The van der Waals surface area contributed by atoms with Gasteiger partial charge in [-0.15, -0.1) is 9.13 Å². The van der Waals surface area contributed by atoms with Crippen molar-refractivity contribution in [2.45, 2.75) is 39.7 Å². The van der Waals surface area contributed by atoms with Gasteiger partial charge in [0.2, 0.25) is 11.4 Å². The van der Waals surface area contributed by atoms with Crippen LogP contribution in [0.4, 0.5) is 0 Å². The first-order chi connectivity index (χ1) is 20.1. The lowest BCUT2D eigenvalue weighted by molar-refractivity contribution is -0.955. The molecule has 3 nitrogen and oxygen atoms in total. The Kier molecular flexibility index (Phi) is 3.47. The van der Waals surface area contributed by atoms with E-state index in [1.165, 1.54) is 33.4 Å². The highest BCUT2D eigenvalue weighted by Crippen LogP contribution is 2.51. The summed E-state index contributed by atoms with van der Waals surface area (Å²) in [6.45, 7) is 4.70. The van der Waals surface area contributed by atoms with Crippen LogP contribution in [-0.2, 0) is 12.1 Å². The number of hydrogen-bond donors (Lipinski definition) is 0. The summed E-state index contributed by atoms with van der Waals surface area (Å²) in [6, 6.07) is 26.2. The molecule has 0 saturated heterocycles. The minimum Gasteiger partial charge on any atom is -0.454 e. The second-order valence-corrected chi connectivity index (χ2v) is 11.3. The Morgan fingerprint density at radius 3 is 2.44 bits per heavy atom. The van der Waals surface area contributed by atoms with Crippen molar-refractivity contribution in [2.75, 3.05) is 0 Å². The zero-order valence-corrected chi connectivity index (χ0v) is 22.0. The maximum atomic E-state index is 8.34. The Bertz CT molecular complexity index is 2140. The Morgan fingerprint density at radius 2 is 1.56 bits per heavy atom. The Labute approximate surface area is 230 Å². The Hall–Kier alpha value is -4.50.